The van der Waals surface area contributed by atoms with Crippen LogP contribution in [0, 0.1) is 9.49 Å². The first-order valence-corrected chi connectivity index (χ1v) is 7.20. The van der Waals surface area contributed by atoms with Gasteiger partial charge >= 0.3 is 0 Å². The van der Waals surface area contributed by atoms with E-state index in [1.807, 2.05) is 6.07 Å². The zero-order valence-electron chi connectivity index (χ0n) is 10.2. The summed E-state index contributed by atoms with van der Waals surface area (Å²) < 4.78 is 1.19. The first-order valence-electron chi connectivity index (χ1n) is 6.12. The molecular weight excluding hydrogens is 325 g/mol. The van der Waals surface area contributed by atoms with E-state index in [1.165, 1.54) is 29.5 Å². The Morgan fingerprint density at radius 1 is 1.41 bits per heavy atom. The van der Waals surface area contributed by atoms with Crippen LogP contribution in [-0.4, -0.2) is 31.6 Å². The van der Waals surface area contributed by atoms with Crippen LogP contribution >= 0.6 is 22.6 Å². The fourth-order valence-electron chi connectivity index (χ4n) is 2.22. The number of anilines is 2. The molecule has 1 fully saturated rings. The van der Waals surface area contributed by atoms with Crippen molar-refractivity contribution in [3.05, 3.63) is 21.8 Å². The Morgan fingerprint density at radius 2 is 2.12 bits per heavy atom. The summed E-state index contributed by atoms with van der Waals surface area (Å²) in [6.07, 6.45) is 2.57. The number of piperidine rings is 1. The number of rotatable bonds is 3. The molecule has 0 aliphatic carbocycles. The summed E-state index contributed by atoms with van der Waals surface area (Å²) in [5.74, 6) is 0.782. The van der Waals surface area contributed by atoms with Gasteiger partial charge in [-0.15, -0.1) is 0 Å². The Morgan fingerprint density at radius 3 is 2.76 bits per heavy atom. The Hall–Kier alpha value is -0.490. The van der Waals surface area contributed by atoms with Crippen molar-refractivity contribution >= 4 is 34.0 Å². The first kappa shape index (κ1) is 13.0. The summed E-state index contributed by atoms with van der Waals surface area (Å²) in [6, 6.07) is 6.18. The average molecular weight is 345 g/mol. The highest BCUT2D eigenvalue weighted by Crippen LogP contribution is 2.23. The van der Waals surface area contributed by atoms with E-state index in [4.69, 9.17) is 5.73 Å². The molecule has 1 aliphatic rings. The van der Waals surface area contributed by atoms with Crippen molar-refractivity contribution in [1.82, 2.24) is 4.90 Å². The predicted molar refractivity (Wildman–Crippen MR) is 82.3 cm³/mol. The molecule has 1 heterocycles. The molecule has 0 amide bonds. The molecule has 94 valence electrons. The molecule has 3 N–H and O–H groups in total. The lowest BCUT2D eigenvalue weighted by molar-refractivity contribution is 0.226. The second kappa shape index (κ2) is 5.91. The van der Waals surface area contributed by atoms with Gasteiger partial charge in [-0.1, -0.05) is 0 Å². The summed E-state index contributed by atoms with van der Waals surface area (Å²) in [5.41, 5.74) is 7.91. The number of benzene rings is 1. The maximum Gasteiger partial charge on any atom is 0.0574 e. The summed E-state index contributed by atoms with van der Waals surface area (Å²) >= 11 is 2.28. The van der Waals surface area contributed by atoms with Crippen molar-refractivity contribution in [2.75, 3.05) is 37.7 Å². The van der Waals surface area contributed by atoms with Crippen LogP contribution in [0.3, 0.4) is 0 Å². The van der Waals surface area contributed by atoms with E-state index in [2.05, 4.69) is 52.0 Å². The quantitative estimate of drug-likeness (QED) is 0.654. The number of nitrogens with zero attached hydrogens (tertiary/aromatic N) is 1. The summed E-state index contributed by atoms with van der Waals surface area (Å²) in [7, 11) is 2.20. The van der Waals surface area contributed by atoms with Gasteiger partial charge in [-0.2, -0.15) is 0 Å². The third-order valence-corrected chi connectivity index (χ3v) is 4.10. The minimum atomic E-state index is 0.782. The van der Waals surface area contributed by atoms with Crippen LogP contribution in [0.1, 0.15) is 12.8 Å². The first-order chi connectivity index (χ1) is 8.15. The Bertz CT molecular complexity index is 373. The number of hydrogen-bond acceptors (Lipinski definition) is 3. The lowest BCUT2D eigenvalue weighted by atomic mass is 9.97. The van der Waals surface area contributed by atoms with E-state index in [9.17, 15) is 0 Å². The highest BCUT2D eigenvalue weighted by Gasteiger charge is 2.16. The molecule has 4 heteroatoms. The van der Waals surface area contributed by atoms with Gasteiger partial charge in [0.25, 0.3) is 0 Å². The van der Waals surface area contributed by atoms with Gasteiger partial charge in [-0.3, -0.25) is 0 Å². The molecule has 1 saturated heterocycles. The zero-order valence-corrected chi connectivity index (χ0v) is 12.4. The lowest BCUT2D eigenvalue weighted by Gasteiger charge is -2.29. The normalized spacial score (nSPS) is 18.2. The summed E-state index contributed by atoms with van der Waals surface area (Å²) in [6.45, 7) is 3.47. The number of halogens is 1. The largest absolute Gasteiger partial charge is 0.397 e. The smallest absolute Gasteiger partial charge is 0.0574 e. The predicted octanol–water partition coefficient (Wildman–Crippen LogP) is 2.63. The third-order valence-electron chi connectivity index (χ3n) is 3.43. The fraction of sp³-hybridized carbons (Fsp3) is 0.538. The van der Waals surface area contributed by atoms with E-state index in [1.54, 1.807) is 0 Å². The van der Waals surface area contributed by atoms with E-state index >= 15 is 0 Å². The molecule has 17 heavy (non-hydrogen) atoms. The molecule has 0 spiro atoms. The van der Waals surface area contributed by atoms with Crippen LogP contribution < -0.4 is 11.1 Å². The van der Waals surface area contributed by atoms with E-state index < -0.39 is 0 Å². The van der Waals surface area contributed by atoms with Crippen molar-refractivity contribution in [1.29, 1.82) is 0 Å². The van der Waals surface area contributed by atoms with E-state index in [-0.39, 0.29) is 0 Å². The molecule has 1 aliphatic heterocycles. The number of likely N-dealkylation sites (tertiary alicyclic amines) is 1. The molecule has 0 saturated carbocycles. The van der Waals surface area contributed by atoms with Crippen LogP contribution in [0.4, 0.5) is 11.4 Å². The second-order valence-corrected chi connectivity index (χ2v) is 6.10. The molecule has 1 aromatic carbocycles. The SMILES string of the molecule is CN1CCC(CNc2ccc(I)cc2N)CC1. The standard InChI is InChI=1S/C13H20IN3/c1-17-6-4-10(5-7-17)9-16-13-3-2-11(14)8-12(13)15/h2-3,8,10,16H,4-7,9,15H2,1H3. The van der Waals surface area contributed by atoms with Gasteiger partial charge in [0.1, 0.15) is 0 Å². The number of nitrogen functional groups attached to an aromatic ring is 1. The minimum Gasteiger partial charge on any atom is -0.397 e. The molecule has 0 aromatic heterocycles. The average Bonchev–Trinajstić information content (AvgIpc) is 2.30. The molecule has 0 atom stereocenters. The van der Waals surface area contributed by atoms with Gasteiger partial charge in [0.15, 0.2) is 0 Å². The van der Waals surface area contributed by atoms with Crippen molar-refractivity contribution in [3.8, 4) is 0 Å². The van der Waals surface area contributed by atoms with Crippen molar-refractivity contribution in [2.45, 2.75) is 12.8 Å². The van der Waals surface area contributed by atoms with Crippen molar-refractivity contribution in [3.63, 3.8) is 0 Å². The Kier molecular flexibility index (Phi) is 4.50. The van der Waals surface area contributed by atoms with Gasteiger partial charge in [0, 0.05) is 10.1 Å². The molecule has 3 nitrogen and oxygen atoms in total. The highest BCUT2D eigenvalue weighted by atomic mass is 127. The molecule has 0 unspecified atom stereocenters. The maximum absolute atomic E-state index is 5.98. The molecule has 2 rings (SSSR count). The van der Waals surface area contributed by atoms with Crippen molar-refractivity contribution in [2.24, 2.45) is 5.92 Å². The maximum atomic E-state index is 5.98. The number of nitrogens with one attached hydrogen (secondary N) is 1. The fourth-order valence-corrected chi connectivity index (χ4v) is 2.73. The molecule has 0 radical (unpaired) electrons. The van der Waals surface area contributed by atoms with Crippen LogP contribution in [0.25, 0.3) is 0 Å². The highest BCUT2D eigenvalue weighted by molar-refractivity contribution is 14.1. The van der Waals surface area contributed by atoms with Crippen LogP contribution in [0.5, 0.6) is 0 Å². The molecule has 1 aromatic rings. The van der Waals surface area contributed by atoms with Gasteiger partial charge in [-0.25, -0.2) is 0 Å². The van der Waals surface area contributed by atoms with E-state index in [0.717, 1.165) is 23.8 Å². The third kappa shape index (κ3) is 3.74. The number of hydrogen-bond donors (Lipinski definition) is 2. The van der Waals surface area contributed by atoms with Gasteiger partial charge < -0.3 is 16.0 Å². The van der Waals surface area contributed by atoms with Gasteiger partial charge in [0.2, 0.25) is 0 Å². The second-order valence-electron chi connectivity index (χ2n) is 4.86. The molecule has 0 bridgehead atoms. The monoisotopic (exact) mass is 345 g/mol. The van der Waals surface area contributed by atoms with Gasteiger partial charge in [0.05, 0.1) is 11.4 Å². The summed E-state index contributed by atoms with van der Waals surface area (Å²) in [4.78, 5) is 2.40. The topological polar surface area (TPSA) is 41.3 Å². The van der Waals surface area contributed by atoms with Crippen molar-refractivity contribution < 1.29 is 0 Å². The minimum absolute atomic E-state index is 0.782. The number of nitrogens with two attached hydrogens (primary N) is 1. The van der Waals surface area contributed by atoms with Gasteiger partial charge in [-0.05, 0) is 79.7 Å². The van der Waals surface area contributed by atoms with Crippen LogP contribution in [0.15, 0.2) is 18.2 Å². The van der Waals surface area contributed by atoms with Crippen LogP contribution in [0.2, 0.25) is 0 Å². The van der Waals surface area contributed by atoms with Crippen LogP contribution in [-0.2, 0) is 0 Å². The Labute approximate surface area is 117 Å². The lowest BCUT2D eigenvalue weighted by Crippen LogP contribution is -2.33. The summed E-state index contributed by atoms with van der Waals surface area (Å²) in [5, 5.41) is 3.48. The molecular formula is C13H20IN3. The van der Waals surface area contributed by atoms with E-state index in [0.29, 0.717) is 0 Å². The Balaban J connectivity index is 1.85. The zero-order chi connectivity index (χ0) is 12.3.